The van der Waals surface area contributed by atoms with Crippen molar-refractivity contribution in [2.75, 3.05) is 7.11 Å². The Bertz CT molecular complexity index is 560. The quantitative estimate of drug-likeness (QED) is 0.712. The van der Waals surface area contributed by atoms with Crippen LogP contribution in [0.1, 0.15) is 5.56 Å². The Morgan fingerprint density at radius 2 is 2.20 bits per heavy atom. The lowest BCUT2D eigenvalue weighted by Crippen LogP contribution is -1.91. The lowest BCUT2D eigenvalue weighted by Gasteiger charge is -2.03. The predicted octanol–water partition coefficient (Wildman–Crippen LogP) is 2.25. The Balaban J connectivity index is 2.82. The van der Waals surface area contributed by atoms with Gasteiger partial charge in [0.25, 0.3) is 0 Å². The van der Waals surface area contributed by atoms with E-state index in [9.17, 15) is 4.39 Å². The summed E-state index contributed by atoms with van der Waals surface area (Å²) in [5.41, 5.74) is 0.850. The van der Waals surface area contributed by atoms with E-state index < -0.39 is 0 Å². The van der Waals surface area contributed by atoms with Crippen LogP contribution in [0.25, 0.3) is 10.9 Å². The number of rotatable bonds is 1. The van der Waals surface area contributed by atoms with E-state index >= 15 is 0 Å². The molecule has 0 aliphatic carbocycles. The molecule has 0 bridgehead atoms. The Kier molecular flexibility index (Phi) is 2.22. The van der Waals surface area contributed by atoms with Crippen LogP contribution in [0.5, 0.6) is 5.88 Å². The third kappa shape index (κ3) is 1.59. The van der Waals surface area contributed by atoms with Crippen molar-refractivity contribution in [1.29, 1.82) is 5.26 Å². The molecule has 0 aliphatic rings. The lowest BCUT2D eigenvalue weighted by atomic mass is 10.1. The van der Waals surface area contributed by atoms with E-state index in [1.807, 2.05) is 6.07 Å². The molecule has 2 rings (SSSR count). The topological polar surface area (TPSA) is 45.9 Å². The lowest BCUT2D eigenvalue weighted by molar-refractivity contribution is 0.399. The van der Waals surface area contributed by atoms with E-state index in [0.717, 1.165) is 0 Å². The first-order valence-corrected chi connectivity index (χ1v) is 4.29. The predicted molar refractivity (Wildman–Crippen MR) is 53.0 cm³/mol. The number of fused-ring (bicyclic) bond motifs is 1. The first-order valence-electron chi connectivity index (χ1n) is 4.29. The Morgan fingerprint density at radius 1 is 1.40 bits per heavy atom. The highest BCUT2D eigenvalue weighted by molar-refractivity contribution is 5.85. The second kappa shape index (κ2) is 3.54. The van der Waals surface area contributed by atoms with Gasteiger partial charge in [-0.25, -0.2) is 9.37 Å². The fraction of sp³-hybridized carbons (Fsp3) is 0.0909. The average molecular weight is 202 g/mol. The molecule has 0 saturated carbocycles. The summed E-state index contributed by atoms with van der Waals surface area (Å²) in [6, 6.07) is 7.67. The molecule has 0 spiro atoms. The van der Waals surface area contributed by atoms with Crippen molar-refractivity contribution in [3.05, 3.63) is 35.6 Å². The molecule has 2 aromatic rings. The second-order valence-electron chi connectivity index (χ2n) is 2.99. The zero-order valence-electron chi connectivity index (χ0n) is 7.99. The normalized spacial score (nSPS) is 9.93. The van der Waals surface area contributed by atoms with E-state index in [2.05, 4.69) is 4.98 Å². The number of hydrogen-bond donors (Lipinski definition) is 0. The number of ether oxygens (including phenoxy) is 1. The molecular weight excluding hydrogens is 195 g/mol. The molecular formula is C11H7FN2O. The maximum atomic E-state index is 12.9. The number of nitriles is 1. The van der Waals surface area contributed by atoms with Gasteiger partial charge >= 0.3 is 0 Å². The smallest absolute Gasteiger partial charge is 0.214 e. The molecule has 3 nitrogen and oxygen atoms in total. The van der Waals surface area contributed by atoms with Gasteiger partial charge in [-0.2, -0.15) is 5.26 Å². The van der Waals surface area contributed by atoms with Gasteiger partial charge in [-0.05, 0) is 12.1 Å². The van der Waals surface area contributed by atoms with Gasteiger partial charge in [-0.15, -0.1) is 0 Å². The van der Waals surface area contributed by atoms with E-state index in [1.54, 1.807) is 0 Å². The molecule has 0 N–H and O–H groups in total. The molecule has 1 aromatic carbocycles. The minimum absolute atomic E-state index is 0.310. The number of nitrogens with zero attached hydrogens (tertiary/aromatic N) is 2. The van der Waals surface area contributed by atoms with E-state index in [1.165, 1.54) is 31.4 Å². The summed E-state index contributed by atoms with van der Waals surface area (Å²) in [6.07, 6.45) is 0. The number of methoxy groups -OCH3 is 1. The van der Waals surface area contributed by atoms with Gasteiger partial charge < -0.3 is 4.74 Å². The number of pyridine rings is 1. The first kappa shape index (κ1) is 9.41. The molecule has 0 radical (unpaired) electrons. The van der Waals surface area contributed by atoms with Gasteiger partial charge in [0.15, 0.2) is 0 Å². The molecule has 4 heteroatoms. The first-order chi connectivity index (χ1) is 7.24. The molecule has 74 valence electrons. The monoisotopic (exact) mass is 202 g/mol. The van der Waals surface area contributed by atoms with Crippen LogP contribution < -0.4 is 4.74 Å². The van der Waals surface area contributed by atoms with Crippen LogP contribution in [0.15, 0.2) is 24.3 Å². The van der Waals surface area contributed by atoms with Crippen molar-refractivity contribution in [3.63, 3.8) is 0 Å². The molecule has 1 heterocycles. The van der Waals surface area contributed by atoms with E-state index in [4.69, 9.17) is 10.00 Å². The second-order valence-corrected chi connectivity index (χ2v) is 2.99. The highest BCUT2D eigenvalue weighted by atomic mass is 19.1. The third-order valence-electron chi connectivity index (χ3n) is 2.08. The van der Waals surface area contributed by atoms with Crippen LogP contribution >= 0.6 is 0 Å². The highest BCUT2D eigenvalue weighted by Crippen LogP contribution is 2.21. The Labute approximate surface area is 85.7 Å². The average Bonchev–Trinajstić information content (AvgIpc) is 2.26. The maximum absolute atomic E-state index is 12.9. The highest BCUT2D eigenvalue weighted by Gasteiger charge is 2.06. The van der Waals surface area contributed by atoms with Crippen molar-refractivity contribution in [3.8, 4) is 11.9 Å². The summed E-state index contributed by atoms with van der Waals surface area (Å²) < 4.78 is 17.9. The summed E-state index contributed by atoms with van der Waals surface area (Å²) in [5.74, 6) is -0.0724. The molecule has 0 unspecified atom stereocenters. The van der Waals surface area contributed by atoms with Crippen LogP contribution in [0.3, 0.4) is 0 Å². The van der Waals surface area contributed by atoms with Crippen molar-refractivity contribution in [1.82, 2.24) is 4.98 Å². The number of aromatic nitrogens is 1. The van der Waals surface area contributed by atoms with Crippen LogP contribution in [0.4, 0.5) is 4.39 Å². The van der Waals surface area contributed by atoms with Gasteiger partial charge in [-0.1, -0.05) is 0 Å². The van der Waals surface area contributed by atoms with Crippen LogP contribution in [0.2, 0.25) is 0 Å². The van der Waals surface area contributed by atoms with Gasteiger partial charge in [0, 0.05) is 17.5 Å². The van der Waals surface area contributed by atoms with Crippen molar-refractivity contribution in [2.45, 2.75) is 0 Å². The van der Waals surface area contributed by atoms with Gasteiger partial charge in [-0.3, -0.25) is 0 Å². The van der Waals surface area contributed by atoms with Crippen LogP contribution in [-0.2, 0) is 0 Å². The summed E-state index contributed by atoms with van der Waals surface area (Å²) >= 11 is 0. The fourth-order valence-electron chi connectivity index (χ4n) is 1.37. The maximum Gasteiger partial charge on any atom is 0.214 e. The molecule has 0 saturated heterocycles. The van der Waals surface area contributed by atoms with Crippen LogP contribution in [-0.4, -0.2) is 12.1 Å². The number of hydrogen-bond acceptors (Lipinski definition) is 3. The Morgan fingerprint density at radius 3 is 2.87 bits per heavy atom. The molecule has 1 aromatic heterocycles. The SMILES string of the molecule is COc1cc(C#N)c2ccc(F)cc2n1. The largest absolute Gasteiger partial charge is 0.481 e. The molecule has 0 aliphatic heterocycles. The molecule has 0 amide bonds. The van der Waals surface area contributed by atoms with E-state index in [0.29, 0.717) is 22.3 Å². The van der Waals surface area contributed by atoms with Gasteiger partial charge in [0.2, 0.25) is 5.88 Å². The number of halogens is 1. The Hall–Kier alpha value is -2.15. The van der Waals surface area contributed by atoms with Crippen molar-refractivity contribution < 1.29 is 9.13 Å². The summed E-state index contributed by atoms with van der Waals surface area (Å²) in [6.45, 7) is 0. The fourth-order valence-corrected chi connectivity index (χ4v) is 1.37. The molecule has 15 heavy (non-hydrogen) atoms. The summed E-state index contributed by atoms with van der Waals surface area (Å²) in [4.78, 5) is 4.05. The van der Waals surface area contributed by atoms with Crippen molar-refractivity contribution >= 4 is 10.9 Å². The minimum Gasteiger partial charge on any atom is -0.481 e. The standard InChI is InChI=1S/C11H7FN2O/c1-15-11-4-7(6-13)9-3-2-8(12)5-10(9)14-11/h2-5H,1H3. The summed E-state index contributed by atoms with van der Waals surface area (Å²) in [5, 5.41) is 9.52. The zero-order valence-corrected chi connectivity index (χ0v) is 7.99. The third-order valence-corrected chi connectivity index (χ3v) is 2.08. The van der Waals surface area contributed by atoms with E-state index in [-0.39, 0.29) is 5.82 Å². The summed E-state index contributed by atoms with van der Waals surface area (Å²) in [7, 11) is 1.45. The minimum atomic E-state index is -0.382. The molecule has 0 fully saturated rings. The van der Waals surface area contributed by atoms with Gasteiger partial charge in [0.05, 0.1) is 18.2 Å². The van der Waals surface area contributed by atoms with Crippen molar-refractivity contribution in [2.24, 2.45) is 0 Å². The molecule has 0 atom stereocenters. The zero-order chi connectivity index (χ0) is 10.8. The van der Waals surface area contributed by atoms with Gasteiger partial charge in [0.1, 0.15) is 11.9 Å². The van der Waals surface area contributed by atoms with Crippen LogP contribution in [0, 0.1) is 17.1 Å². The number of benzene rings is 1.